The standard InChI is InChI=1S/C19H21BrN2O3/c1-2-18(23)21-15-7-4-8-16(13-15)22-19(24)10-5-11-25-17-9-3-6-14(20)12-17/h3-4,6-9,12-13H,2,5,10-11H2,1H3,(H,21,23)(H,22,24). The number of ether oxygens (including phenoxy) is 1. The van der Waals surface area contributed by atoms with E-state index in [0.717, 1.165) is 10.2 Å². The second kappa shape index (κ2) is 9.84. The molecule has 2 N–H and O–H groups in total. The Kier molecular flexibility index (Phi) is 7.47. The second-order valence-electron chi connectivity index (χ2n) is 5.44. The van der Waals surface area contributed by atoms with E-state index in [1.54, 1.807) is 31.2 Å². The van der Waals surface area contributed by atoms with Crippen molar-refractivity contribution in [1.29, 1.82) is 0 Å². The minimum Gasteiger partial charge on any atom is -0.494 e. The number of rotatable bonds is 8. The minimum absolute atomic E-state index is 0.0619. The number of nitrogens with one attached hydrogen (secondary N) is 2. The molecule has 0 aliphatic rings. The van der Waals surface area contributed by atoms with E-state index in [-0.39, 0.29) is 11.8 Å². The normalized spacial score (nSPS) is 10.2. The van der Waals surface area contributed by atoms with Crippen molar-refractivity contribution in [2.45, 2.75) is 26.2 Å². The first-order chi connectivity index (χ1) is 12.1. The molecule has 2 aromatic rings. The van der Waals surface area contributed by atoms with Gasteiger partial charge in [-0.2, -0.15) is 0 Å². The number of carbonyl (C=O) groups excluding carboxylic acids is 2. The number of hydrogen-bond donors (Lipinski definition) is 2. The fraction of sp³-hybridized carbons (Fsp3) is 0.263. The van der Waals surface area contributed by atoms with Gasteiger partial charge in [0.15, 0.2) is 0 Å². The zero-order chi connectivity index (χ0) is 18.1. The molecular formula is C19H21BrN2O3. The minimum atomic E-state index is -0.0863. The topological polar surface area (TPSA) is 67.4 Å². The van der Waals surface area contributed by atoms with Crippen LogP contribution in [-0.2, 0) is 9.59 Å². The molecule has 132 valence electrons. The maximum Gasteiger partial charge on any atom is 0.224 e. The van der Waals surface area contributed by atoms with E-state index in [2.05, 4.69) is 26.6 Å². The van der Waals surface area contributed by atoms with Gasteiger partial charge in [0.2, 0.25) is 11.8 Å². The lowest BCUT2D eigenvalue weighted by Crippen LogP contribution is -2.13. The van der Waals surface area contributed by atoms with Crippen molar-refractivity contribution >= 4 is 39.1 Å². The maximum atomic E-state index is 12.0. The van der Waals surface area contributed by atoms with Gasteiger partial charge in [-0.15, -0.1) is 0 Å². The summed E-state index contributed by atoms with van der Waals surface area (Å²) in [6, 6.07) is 14.7. The summed E-state index contributed by atoms with van der Waals surface area (Å²) in [5.41, 5.74) is 1.33. The number of amides is 2. The molecule has 25 heavy (non-hydrogen) atoms. The molecule has 5 nitrogen and oxygen atoms in total. The lowest BCUT2D eigenvalue weighted by molar-refractivity contribution is -0.117. The van der Waals surface area contributed by atoms with Crippen LogP contribution in [0.2, 0.25) is 0 Å². The van der Waals surface area contributed by atoms with Gasteiger partial charge in [-0.1, -0.05) is 35.0 Å². The lowest BCUT2D eigenvalue weighted by Gasteiger charge is -2.09. The van der Waals surface area contributed by atoms with Crippen LogP contribution in [0.15, 0.2) is 53.0 Å². The Labute approximate surface area is 155 Å². The summed E-state index contributed by atoms with van der Waals surface area (Å²) in [5.74, 6) is 0.624. The van der Waals surface area contributed by atoms with Gasteiger partial charge in [0, 0.05) is 28.7 Å². The molecule has 0 aliphatic carbocycles. The molecule has 0 aliphatic heterocycles. The zero-order valence-electron chi connectivity index (χ0n) is 14.0. The Hall–Kier alpha value is -2.34. The Morgan fingerprint density at radius 2 is 1.68 bits per heavy atom. The van der Waals surface area contributed by atoms with E-state index < -0.39 is 0 Å². The molecule has 0 saturated heterocycles. The molecule has 0 unspecified atom stereocenters. The summed E-state index contributed by atoms with van der Waals surface area (Å²) in [6.45, 7) is 2.26. The summed E-state index contributed by atoms with van der Waals surface area (Å²) >= 11 is 3.39. The molecule has 2 aromatic carbocycles. The van der Waals surface area contributed by atoms with Gasteiger partial charge >= 0.3 is 0 Å². The Morgan fingerprint density at radius 3 is 2.36 bits per heavy atom. The van der Waals surface area contributed by atoms with Crippen molar-refractivity contribution in [3.63, 3.8) is 0 Å². The van der Waals surface area contributed by atoms with Crippen molar-refractivity contribution in [3.05, 3.63) is 53.0 Å². The van der Waals surface area contributed by atoms with Crippen molar-refractivity contribution < 1.29 is 14.3 Å². The molecule has 0 bridgehead atoms. The first-order valence-corrected chi connectivity index (χ1v) is 8.94. The van der Waals surface area contributed by atoms with Crippen LogP contribution >= 0.6 is 15.9 Å². The first kappa shape index (κ1) is 19.0. The third kappa shape index (κ3) is 6.97. The molecule has 0 saturated carbocycles. The lowest BCUT2D eigenvalue weighted by atomic mass is 10.2. The predicted octanol–water partition coefficient (Wildman–Crippen LogP) is 4.60. The van der Waals surface area contributed by atoms with Gasteiger partial charge in [0.1, 0.15) is 5.75 Å². The van der Waals surface area contributed by atoms with Crippen molar-refractivity contribution in [1.82, 2.24) is 0 Å². The molecule has 6 heteroatoms. The van der Waals surface area contributed by atoms with Crippen LogP contribution in [0.5, 0.6) is 5.75 Å². The first-order valence-electron chi connectivity index (χ1n) is 8.15. The van der Waals surface area contributed by atoms with Gasteiger partial charge in [-0.25, -0.2) is 0 Å². The average molecular weight is 405 g/mol. The number of anilines is 2. The van der Waals surface area contributed by atoms with Crippen molar-refractivity contribution in [2.75, 3.05) is 17.2 Å². The molecular weight excluding hydrogens is 384 g/mol. The van der Waals surface area contributed by atoms with Crippen LogP contribution in [0.3, 0.4) is 0 Å². The third-order valence-corrected chi connectivity index (χ3v) is 3.86. The molecule has 0 heterocycles. The highest BCUT2D eigenvalue weighted by atomic mass is 79.9. The molecule has 0 radical (unpaired) electrons. The smallest absolute Gasteiger partial charge is 0.224 e. The highest BCUT2D eigenvalue weighted by Crippen LogP contribution is 2.18. The van der Waals surface area contributed by atoms with E-state index in [4.69, 9.17) is 4.74 Å². The number of halogens is 1. The summed E-state index contributed by atoms with van der Waals surface area (Å²) in [6.07, 6.45) is 1.39. The van der Waals surface area contributed by atoms with Gasteiger partial charge in [-0.05, 0) is 42.8 Å². The fourth-order valence-corrected chi connectivity index (χ4v) is 2.51. The van der Waals surface area contributed by atoms with Crippen LogP contribution in [0, 0.1) is 0 Å². The van der Waals surface area contributed by atoms with Gasteiger partial charge in [0.25, 0.3) is 0 Å². The molecule has 2 rings (SSSR count). The quantitative estimate of drug-likeness (QED) is 0.631. The zero-order valence-corrected chi connectivity index (χ0v) is 15.6. The van der Waals surface area contributed by atoms with Crippen LogP contribution in [0.25, 0.3) is 0 Å². The summed E-state index contributed by atoms with van der Waals surface area (Å²) < 4.78 is 6.56. The van der Waals surface area contributed by atoms with Crippen LogP contribution < -0.4 is 15.4 Å². The number of benzene rings is 2. The van der Waals surface area contributed by atoms with E-state index in [0.29, 0.717) is 37.2 Å². The van der Waals surface area contributed by atoms with Gasteiger partial charge in [-0.3, -0.25) is 9.59 Å². The Morgan fingerprint density at radius 1 is 1.00 bits per heavy atom. The summed E-state index contributed by atoms with van der Waals surface area (Å²) in [5, 5.41) is 5.59. The van der Waals surface area contributed by atoms with Gasteiger partial charge < -0.3 is 15.4 Å². The predicted molar refractivity (Wildman–Crippen MR) is 103 cm³/mol. The van der Waals surface area contributed by atoms with E-state index >= 15 is 0 Å². The van der Waals surface area contributed by atoms with E-state index in [1.807, 2.05) is 24.3 Å². The van der Waals surface area contributed by atoms with Crippen molar-refractivity contribution in [3.8, 4) is 5.75 Å². The molecule has 0 fully saturated rings. The second-order valence-corrected chi connectivity index (χ2v) is 6.36. The van der Waals surface area contributed by atoms with Gasteiger partial charge in [0.05, 0.1) is 6.61 Å². The molecule has 0 aromatic heterocycles. The molecule has 0 spiro atoms. The van der Waals surface area contributed by atoms with Crippen molar-refractivity contribution in [2.24, 2.45) is 0 Å². The van der Waals surface area contributed by atoms with E-state index in [1.165, 1.54) is 0 Å². The third-order valence-electron chi connectivity index (χ3n) is 3.36. The number of hydrogen-bond acceptors (Lipinski definition) is 3. The SMILES string of the molecule is CCC(=O)Nc1cccc(NC(=O)CCCOc2cccc(Br)c2)c1. The monoisotopic (exact) mass is 404 g/mol. The maximum absolute atomic E-state index is 12.0. The fourth-order valence-electron chi connectivity index (χ4n) is 2.13. The van der Waals surface area contributed by atoms with Crippen LogP contribution in [0.1, 0.15) is 26.2 Å². The number of carbonyl (C=O) groups is 2. The average Bonchev–Trinajstić information content (AvgIpc) is 2.59. The molecule has 0 atom stereocenters. The Bertz CT molecular complexity index is 734. The van der Waals surface area contributed by atoms with E-state index in [9.17, 15) is 9.59 Å². The van der Waals surface area contributed by atoms with Crippen LogP contribution in [-0.4, -0.2) is 18.4 Å². The highest BCUT2D eigenvalue weighted by Gasteiger charge is 2.05. The summed E-state index contributed by atoms with van der Waals surface area (Å²) in [4.78, 5) is 23.4. The Balaban J connectivity index is 1.74. The van der Waals surface area contributed by atoms with Crippen LogP contribution in [0.4, 0.5) is 11.4 Å². The summed E-state index contributed by atoms with van der Waals surface area (Å²) in [7, 11) is 0. The molecule has 2 amide bonds. The highest BCUT2D eigenvalue weighted by molar-refractivity contribution is 9.10. The largest absolute Gasteiger partial charge is 0.494 e.